The number of imidazole rings is 1. The normalized spacial score (nSPS) is 14.4. The van der Waals surface area contributed by atoms with Gasteiger partial charge in [0.1, 0.15) is 18.1 Å². The standard InChI is InChI=1S/C20H35N9O5/c1-10(2)15(29-16(30)13(21)5-4-6-25-20(22)23)18(32)28-14(7-12-8-24-9-26-12)17(31)27-11(3)19(33)34/h8-11,13-15H,4-7,21H2,1-3H3,(H,24,26)(H,27,31)(H,28,32)(H,29,30)(H,33,34)(H4,22,23,25). The van der Waals surface area contributed by atoms with Crippen molar-refractivity contribution in [2.45, 2.75) is 64.2 Å². The van der Waals surface area contributed by atoms with Gasteiger partial charge in [0, 0.05) is 24.9 Å². The van der Waals surface area contributed by atoms with Gasteiger partial charge in [-0.1, -0.05) is 13.8 Å². The summed E-state index contributed by atoms with van der Waals surface area (Å²) in [6.45, 7) is 5.08. The molecule has 0 saturated carbocycles. The number of hydrogen-bond acceptors (Lipinski definition) is 7. The lowest BCUT2D eigenvalue weighted by Gasteiger charge is -2.26. The Morgan fingerprint density at radius 3 is 2.29 bits per heavy atom. The van der Waals surface area contributed by atoms with Gasteiger partial charge in [-0.05, 0) is 25.7 Å². The summed E-state index contributed by atoms with van der Waals surface area (Å²) in [4.78, 5) is 59.9. The summed E-state index contributed by atoms with van der Waals surface area (Å²) in [5.74, 6) is -3.44. The topological polar surface area (TPSA) is 244 Å². The van der Waals surface area contributed by atoms with E-state index in [-0.39, 0.29) is 18.3 Å². The maximum atomic E-state index is 13.0. The average Bonchev–Trinajstić information content (AvgIpc) is 3.26. The van der Waals surface area contributed by atoms with E-state index in [9.17, 15) is 19.2 Å². The number of H-pyrrole nitrogens is 1. The van der Waals surface area contributed by atoms with Crippen LogP contribution in [0, 0.1) is 5.92 Å². The van der Waals surface area contributed by atoms with Crippen LogP contribution < -0.4 is 33.2 Å². The number of amides is 3. The van der Waals surface area contributed by atoms with Crippen molar-refractivity contribution >= 4 is 29.7 Å². The first-order valence-electron chi connectivity index (χ1n) is 10.8. The number of nitrogens with two attached hydrogens (primary N) is 3. The third kappa shape index (κ3) is 9.85. The lowest BCUT2D eigenvalue weighted by Crippen LogP contribution is -2.58. The summed E-state index contributed by atoms with van der Waals surface area (Å²) < 4.78 is 0. The van der Waals surface area contributed by atoms with Crippen LogP contribution in [-0.2, 0) is 25.6 Å². The second-order valence-corrected chi connectivity index (χ2v) is 8.20. The van der Waals surface area contributed by atoms with Gasteiger partial charge in [-0.2, -0.15) is 0 Å². The number of nitrogens with zero attached hydrogens (tertiary/aromatic N) is 2. The Bertz CT molecular complexity index is 853. The molecule has 4 atom stereocenters. The Balaban J connectivity index is 2.86. The molecule has 1 heterocycles. The molecular weight excluding hydrogens is 446 g/mol. The molecule has 0 aliphatic rings. The molecule has 14 nitrogen and oxygen atoms in total. The summed E-state index contributed by atoms with van der Waals surface area (Å²) in [5.41, 5.74) is 17.0. The van der Waals surface area contributed by atoms with E-state index in [0.717, 1.165) is 0 Å². The number of carbonyl (C=O) groups excluding carboxylic acids is 3. The predicted octanol–water partition coefficient (Wildman–Crippen LogP) is -2.45. The van der Waals surface area contributed by atoms with Crippen molar-refractivity contribution in [1.29, 1.82) is 0 Å². The molecule has 1 rings (SSSR count). The molecule has 0 saturated heterocycles. The fourth-order valence-electron chi connectivity index (χ4n) is 2.91. The van der Waals surface area contributed by atoms with E-state index in [4.69, 9.17) is 22.3 Å². The third-order valence-electron chi connectivity index (χ3n) is 4.89. The summed E-state index contributed by atoms with van der Waals surface area (Å²) in [5, 5.41) is 16.6. The Morgan fingerprint density at radius 1 is 1.09 bits per heavy atom. The van der Waals surface area contributed by atoms with E-state index < -0.39 is 47.9 Å². The smallest absolute Gasteiger partial charge is 0.325 e. The number of aliphatic imine (C=N–C) groups is 1. The van der Waals surface area contributed by atoms with Crippen LogP contribution in [0.4, 0.5) is 0 Å². The van der Waals surface area contributed by atoms with E-state index >= 15 is 0 Å². The minimum Gasteiger partial charge on any atom is -0.480 e. The highest BCUT2D eigenvalue weighted by molar-refractivity contribution is 5.94. The minimum absolute atomic E-state index is 0.0347. The van der Waals surface area contributed by atoms with E-state index in [1.165, 1.54) is 19.4 Å². The number of aromatic nitrogens is 2. The van der Waals surface area contributed by atoms with Crippen molar-refractivity contribution in [3.63, 3.8) is 0 Å². The second-order valence-electron chi connectivity index (χ2n) is 8.20. The van der Waals surface area contributed by atoms with Gasteiger partial charge in [0.25, 0.3) is 0 Å². The SMILES string of the molecule is CC(NC(=O)C(Cc1cnc[nH]1)NC(=O)C(NC(=O)C(N)CCCN=C(N)N)C(C)C)C(=O)O. The highest BCUT2D eigenvalue weighted by atomic mass is 16.4. The monoisotopic (exact) mass is 481 g/mol. The zero-order valence-electron chi connectivity index (χ0n) is 19.6. The number of carboxylic acids is 1. The summed E-state index contributed by atoms with van der Waals surface area (Å²) >= 11 is 0. The molecule has 11 N–H and O–H groups in total. The average molecular weight is 482 g/mol. The Kier molecular flexibility index (Phi) is 11.5. The molecular formula is C20H35N9O5. The van der Waals surface area contributed by atoms with Gasteiger partial charge < -0.3 is 43.2 Å². The first kappa shape index (κ1) is 28.4. The van der Waals surface area contributed by atoms with Gasteiger partial charge in [-0.25, -0.2) is 4.98 Å². The predicted molar refractivity (Wildman–Crippen MR) is 124 cm³/mol. The van der Waals surface area contributed by atoms with Crippen LogP contribution in [0.25, 0.3) is 0 Å². The van der Waals surface area contributed by atoms with Crippen LogP contribution >= 0.6 is 0 Å². The highest BCUT2D eigenvalue weighted by Gasteiger charge is 2.31. The fraction of sp³-hybridized carbons (Fsp3) is 0.600. The van der Waals surface area contributed by atoms with Gasteiger partial charge in [-0.15, -0.1) is 0 Å². The number of carbonyl (C=O) groups is 4. The van der Waals surface area contributed by atoms with Gasteiger partial charge in [0.05, 0.1) is 12.4 Å². The molecule has 190 valence electrons. The molecule has 0 aliphatic carbocycles. The van der Waals surface area contributed by atoms with Crippen molar-refractivity contribution in [3.8, 4) is 0 Å². The quantitative estimate of drug-likeness (QED) is 0.0797. The van der Waals surface area contributed by atoms with E-state index in [2.05, 4.69) is 30.9 Å². The van der Waals surface area contributed by atoms with Gasteiger partial charge in [-0.3, -0.25) is 24.2 Å². The summed E-state index contributed by atoms with van der Waals surface area (Å²) in [6.07, 6.45) is 3.70. The Hall–Kier alpha value is -3.68. The number of aromatic amines is 1. The van der Waals surface area contributed by atoms with Crippen LogP contribution in [0.15, 0.2) is 17.5 Å². The minimum atomic E-state index is -1.22. The molecule has 14 heteroatoms. The van der Waals surface area contributed by atoms with Crippen molar-refractivity contribution in [2.24, 2.45) is 28.1 Å². The number of guanidine groups is 1. The number of nitrogens with one attached hydrogen (secondary N) is 4. The number of hydrogen-bond donors (Lipinski definition) is 8. The van der Waals surface area contributed by atoms with Gasteiger partial charge >= 0.3 is 5.97 Å². The lowest BCUT2D eigenvalue weighted by atomic mass is 10.0. The lowest BCUT2D eigenvalue weighted by molar-refractivity contribution is -0.141. The summed E-state index contributed by atoms with van der Waals surface area (Å²) in [7, 11) is 0. The molecule has 0 fully saturated rings. The third-order valence-corrected chi connectivity index (χ3v) is 4.89. The highest BCUT2D eigenvalue weighted by Crippen LogP contribution is 2.07. The maximum absolute atomic E-state index is 13.0. The van der Waals surface area contributed by atoms with Gasteiger partial charge in [0.2, 0.25) is 17.7 Å². The van der Waals surface area contributed by atoms with Crippen LogP contribution in [0.1, 0.15) is 39.3 Å². The first-order chi connectivity index (χ1) is 15.9. The van der Waals surface area contributed by atoms with Crippen LogP contribution in [0.3, 0.4) is 0 Å². The first-order valence-corrected chi connectivity index (χ1v) is 10.8. The summed E-state index contributed by atoms with van der Waals surface area (Å²) in [6, 6.07) is -4.14. The Labute approximate surface area is 197 Å². The second kappa shape index (κ2) is 13.8. The molecule has 1 aromatic rings. The van der Waals surface area contributed by atoms with Crippen LogP contribution in [-0.4, -0.2) is 75.4 Å². The number of aliphatic carboxylic acids is 1. The molecule has 34 heavy (non-hydrogen) atoms. The van der Waals surface area contributed by atoms with Crippen molar-refractivity contribution in [1.82, 2.24) is 25.9 Å². The fourth-order valence-corrected chi connectivity index (χ4v) is 2.91. The molecule has 0 aliphatic heterocycles. The zero-order valence-corrected chi connectivity index (χ0v) is 19.6. The molecule has 0 aromatic carbocycles. The molecule has 0 radical (unpaired) electrons. The van der Waals surface area contributed by atoms with Gasteiger partial charge in [0.15, 0.2) is 5.96 Å². The maximum Gasteiger partial charge on any atom is 0.325 e. The Morgan fingerprint density at radius 2 is 1.76 bits per heavy atom. The molecule has 0 bridgehead atoms. The van der Waals surface area contributed by atoms with E-state index in [1.54, 1.807) is 13.8 Å². The molecule has 0 spiro atoms. The molecule has 3 amide bonds. The van der Waals surface area contributed by atoms with Crippen LogP contribution in [0.5, 0.6) is 0 Å². The van der Waals surface area contributed by atoms with E-state index in [0.29, 0.717) is 25.1 Å². The molecule has 1 aromatic heterocycles. The van der Waals surface area contributed by atoms with Crippen molar-refractivity contribution in [2.75, 3.05) is 6.54 Å². The number of rotatable bonds is 14. The van der Waals surface area contributed by atoms with Crippen molar-refractivity contribution in [3.05, 3.63) is 18.2 Å². The number of carboxylic acid groups (broad SMARTS) is 1. The molecule has 4 unspecified atom stereocenters. The van der Waals surface area contributed by atoms with E-state index in [1.807, 2.05) is 0 Å². The largest absolute Gasteiger partial charge is 0.480 e. The zero-order chi connectivity index (χ0) is 25.8. The van der Waals surface area contributed by atoms with Crippen molar-refractivity contribution < 1.29 is 24.3 Å². The van der Waals surface area contributed by atoms with Crippen LogP contribution in [0.2, 0.25) is 0 Å².